The van der Waals surface area contributed by atoms with Crippen LogP contribution in [0, 0.1) is 29.6 Å². The van der Waals surface area contributed by atoms with Crippen molar-refractivity contribution in [2.75, 3.05) is 0 Å². The second-order valence-corrected chi connectivity index (χ2v) is 9.34. The summed E-state index contributed by atoms with van der Waals surface area (Å²) in [5, 5.41) is 0. The molecule has 0 spiro atoms. The molecule has 2 unspecified atom stereocenters. The Kier molecular flexibility index (Phi) is 6.66. The first-order valence-electron chi connectivity index (χ1n) is 10.9. The molecule has 2 atom stereocenters. The molecule has 0 aromatic carbocycles. The first-order chi connectivity index (χ1) is 11.2. The van der Waals surface area contributed by atoms with Crippen molar-refractivity contribution in [2.24, 2.45) is 29.6 Å². The second-order valence-electron chi connectivity index (χ2n) is 9.34. The van der Waals surface area contributed by atoms with E-state index < -0.39 is 0 Å². The Morgan fingerprint density at radius 3 is 2.09 bits per heavy atom. The first-order valence-corrected chi connectivity index (χ1v) is 10.9. The van der Waals surface area contributed by atoms with Crippen LogP contribution < -0.4 is 0 Å². The van der Waals surface area contributed by atoms with E-state index in [4.69, 9.17) is 0 Å². The summed E-state index contributed by atoms with van der Waals surface area (Å²) in [5.74, 6) is 5.31. The van der Waals surface area contributed by atoms with Crippen molar-refractivity contribution in [3.05, 3.63) is 11.6 Å². The first kappa shape index (κ1) is 17.6. The SMILES string of the molecule is CC1=CCC(C)C(CCCCCCC2CCC(C3CC3)CC2)C1. The normalized spacial score (nSPS) is 35.1. The quantitative estimate of drug-likeness (QED) is 0.320. The Balaban J connectivity index is 1.19. The third kappa shape index (κ3) is 5.64. The molecule has 0 aromatic rings. The summed E-state index contributed by atoms with van der Waals surface area (Å²) in [6.07, 6.45) is 23.6. The fraction of sp³-hybridized carbons (Fsp3) is 0.913. The van der Waals surface area contributed by atoms with Gasteiger partial charge in [-0.3, -0.25) is 0 Å². The van der Waals surface area contributed by atoms with Crippen molar-refractivity contribution >= 4 is 0 Å². The Bertz CT molecular complexity index is 367. The summed E-state index contributed by atoms with van der Waals surface area (Å²) in [6.45, 7) is 4.79. The molecular weight excluding hydrogens is 276 g/mol. The highest BCUT2D eigenvalue weighted by atomic mass is 14.4. The molecule has 0 aromatic heterocycles. The van der Waals surface area contributed by atoms with Crippen molar-refractivity contribution in [3.63, 3.8) is 0 Å². The van der Waals surface area contributed by atoms with Crippen LogP contribution in [-0.4, -0.2) is 0 Å². The minimum atomic E-state index is 0.931. The van der Waals surface area contributed by atoms with Crippen molar-refractivity contribution in [1.29, 1.82) is 0 Å². The topological polar surface area (TPSA) is 0 Å². The maximum atomic E-state index is 2.47. The van der Waals surface area contributed by atoms with Gasteiger partial charge in [0.2, 0.25) is 0 Å². The van der Waals surface area contributed by atoms with Gasteiger partial charge in [-0.2, -0.15) is 0 Å². The van der Waals surface area contributed by atoms with Gasteiger partial charge in [0.15, 0.2) is 0 Å². The monoisotopic (exact) mass is 316 g/mol. The van der Waals surface area contributed by atoms with E-state index in [2.05, 4.69) is 19.9 Å². The van der Waals surface area contributed by atoms with Crippen LogP contribution in [0.3, 0.4) is 0 Å². The van der Waals surface area contributed by atoms with Crippen LogP contribution >= 0.6 is 0 Å². The van der Waals surface area contributed by atoms with Gasteiger partial charge in [0, 0.05) is 0 Å². The van der Waals surface area contributed by atoms with Crippen LogP contribution in [0.5, 0.6) is 0 Å². The summed E-state index contributed by atoms with van der Waals surface area (Å²) in [7, 11) is 0. The second kappa shape index (κ2) is 8.72. The van der Waals surface area contributed by atoms with E-state index in [9.17, 15) is 0 Å². The number of allylic oxidation sites excluding steroid dienone is 2. The predicted octanol–water partition coefficient (Wildman–Crippen LogP) is 7.54. The third-order valence-electron chi connectivity index (χ3n) is 7.34. The Morgan fingerprint density at radius 2 is 1.43 bits per heavy atom. The number of hydrogen-bond acceptors (Lipinski definition) is 0. The van der Waals surface area contributed by atoms with Crippen LogP contribution in [-0.2, 0) is 0 Å². The Hall–Kier alpha value is -0.260. The molecule has 3 aliphatic rings. The molecule has 0 aliphatic heterocycles. The summed E-state index contributed by atoms with van der Waals surface area (Å²) < 4.78 is 0. The lowest BCUT2D eigenvalue weighted by Crippen LogP contribution is -2.16. The molecule has 0 N–H and O–H groups in total. The molecule has 0 amide bonds. The molecule has 132 valence electrons. The van der Waals surface area contributed by atoms with Gasteiger partial charge in [-0.05, 0) is 81.5 Å². The molecule has 0 bridgehead atoms. The fourth-order valence-corrected chi connectivity index (χ4v) is 5.37. The molecule has 0 saturated heterocycles. The highest BCUT2D eigenvalue weighted by molar-refractivity contribution is 5.04. The molecule has 0 heterocycles. The van der Waals surface area contributed by atoms with Gasteiger partial charge in [0.05, 0.1) is 0 Å². The summed E-state index contributed by atoms with van der Waals surface area (Å²) in [4.78, 5) is 0. The van der Waals surface area contributed by atoms with E-state index >= 15 is 0 Å². The largest absolute Gasteiger partial charge is 0.0853 e. The van der Waals surface area contributed by atoms with Crippen LogP contribution in [0.25, 0.3) is 0 Å². The molecule has 23 heavy (non-hydrogen) atoms. The van der Waals surface area contributed by atoms with E-state index in [1.54, 1.807) is 50.5 Å². The molecule has 0 heteroatoms. The molecule has 0 nitrogen and oxygen atoms in total. The van der Waals surface area contributed by atoms with E-state index in [1.165, 1.54) is 44.9 Å². The predicted molar refractivity (Wildman–Crippen MR) is 102 cm³/mol. The average molecular weight is 317 g/mol. The smallest absolute Gasteiger partial charge is 0.0292 e. The van der Waals surface area contributed by atoms with Gasteiger partial charge in [0.1, 0.15) is 0 Å². The third-order valence-corrected chi connectivity index (χ3v) is 7.34. The molecule has 2 saturated carbocycles. The number of hydrogen-bond donors (Lipinski definition) is 0. The molecule has 3 aliphatic carbocycles. The lowest BCUT2D eigenvalue weighted by molar-refractivity contribution is 0.238. The van der Waals surface area contributed by atoms with Crippen molar-refractivity contribution < 1.29 is 0 Å². The maximum Gasteiger partial charge on any atom is -0.0292 e. The standard InChI is InChI=1S/C23H40/c1-18-9-10-19(2)23(17-18)8-6-4-3-5-7-20-11-13-21(14-12-20)22-15-16-22/h9,19-23H,3-8,10-17H2,1-2H3. The van der Waals surface area contributed by atoms with Gasteiger partial charge < -0.3 is 0 Å². The molecule has 3 rings (SSSR count). The zero-order valence-corrected chi connectivity index (χ0v) is 15.9. The summed E-state index contributed by atoms with van der Waals surface area (Å²) in [5.41, 5.74) is 1.65. The number of rotatable bonds is 8. The van der Waals surface area contributed by atoms with Crippen molar-refractivity contribution in [1.82, 2.24) is 0 Å². The van der Waals surface area contributed by atoms with E-state index in [0.717, 1.165) is 29.6 Å². The van der Waals surface area contributed by atoms with E-state index in [-0.39, 0.29) is 0 Å². The van der Waals surface area contributed by atoms with E-state index in [0.29, 0.717) is 0 Å². The van der Waals surface area contributed by atoms with Gasteiger partial charge in [-0.1, -0.05) is 63.5 Å². The van der Waals surface area contributed by atoms with Crippen molar-refractivity contribution in [2.45, 2.75) is 104 Å². The molecule has 2 fully saturated rings. The van der Waals surface area contributed by atoms with Gasteiger partial charge in [-0.25, -0.2) is 0 Å². The van der Waals surface area contributed by atoms with Crippen LogP contribution in [0.15, 0.2) is 11.6 Å². The molecular formula is C23H40. The Morgan fingerprint density at radius 1 is 0.826 bits per heavy atom. The lowest BCUT2D eigenvalue weighted by Gasteiger charge is -2.29. The fourth-order valence-electron chi connectivity index (χ4n) is 5.37. The van der Waals surface area contributed by atoms with E-state index in [1.807, 2.05) is 0 Å². The van der Waals surface area contributed by atoms with Gasteiger partial charge in [-0.15, -0.1) is 0 Å². The van der Waals surface area contributed by atoms with Gasteiger partial charge >= 0.3 is 0 Å². The summed E-state index contributed by atoms with van der Waals surface area (Å²) >= 11 is 0. The van der Waals surface area contributed by atoms with Crippen LogP contribution in [0.4, 0.5) is 0 Å². The van der Waals surface area contributed by atoms with Gasteiger partial charge in [0.25, 0.3) is 0 Å². The minimum Gasteiger partial charge on any atom is -0.0853 e. The van der Waals surface area contributed by atoms with Crippen molar-refractivity contribution in [3.8, 4) is 0 Å². The number of unbranched alkanes of at least 4 members (excludes halogenated alkanes) is 3. The Labute approximate surface area is 145 Å². The average Bonchev–Trinajstić information content (AvgIpc) is 3.39. The molecule has 0 radical (unpaired) electrons. The van der Waals surface area contributed by atoms with Crippen LogP contribution in [0.2, 0.25) is 0 Å². The maximum absolute atomic E-state index is 2.47. The summed E-state index contributed by atoms with van der Waals surface area (Å²) in [6, 6.07) is 0. The zero-order chi connectivity index (χ0) is 16.1. The highest BCUT2D eigenvalue weighted by Gasteiger charge is 2.33. The zero-order valence-electron chi connectivity index (χ0n) is 15.9. The van der Waals surface area contributed by atoms with Crippen LogP contribution in [0.1, 0.15) is 104 Å². The highest BCUT2D eigenvalue weighted by Crippen LogP contribution is 2.45. The lowest BCUT2D eigenvalue weighted by atomic mass is 9.77. The minimum absolute atomic E-state index is 0.931.